The van der Waals surface area contributed by atoms with Gasteiger partial charge in [0.25, 0.3) is 0 Å². The standard InChI is InChI=1S/C13H22N2O2/c1-5-6-14-7-13(8-14)9-15(10-13)11(16)17-12(2,3)4/h5H,1,6-10H2,2-4H3. The first kappa shape index (κ1) is 12.4. The summed E-state index contributed by atoms with van der Waals surface area (Å²) in [5, 5.41) is 0. The van der Waals surface area contributed by atoms with Gasteiger partial charge in [-0.2, -0.15) is 0 Å². The van der Waals surface area contributed by atoms with Crippen LogP contribution in [0.15, 0.2) is 12.7 Å². The highest BCUT2D eigenvalue weighted by Crippen LogP contribution is 2.39. The number of amides is 1. The van der Waals surface area contributed by atoms with E-state index in [1.807, 2.05) is 26.8 Å². The Kier molecular flexibility index (Phi) is 2.94. The first-order chi connectivity index (χ1) is 7.84. The molecule has 0 saturated carbocycles. The molecule has 2 rings (SSSR count). The van der Waals surface area contributed by atoms with Crippen LogP contribution >= 0.6 is 0 Å². The van der Waals surface area contributed by atoms with E-state index in [9.17, 15) is 4.79 Å². The van der Waals surface area contributed by atoms with Crippen molar-refractivity contribution in [3.05, 3.63) is 12.7 Å². The van der Waals surface area contributed by atoms with Gasteiger partial charge in [-0.1, -0.05) is 6.08 Å². The van der Waals surface area contributed by atoms with Gasteiger partial charge in [-0.05, 0) is 20.8 Å². The summed E-state index contributed by atoms with van der Waals surface area (Å²) in [6.07, 6.45) is 1.75. The fraction of sp³-hybridized carbons (Fsp3) is 0.769. The van der Waals surface area contributed by atoms with Gasteiger partial charge in [-0.3, -0.25) is 4.90 Å². The summed E-state index contributed by atoms with van der Waals surface area (Å²) >= 11 is 0. The van der Waals surface area contributed by atoms with E-state index in [1.165, 1.54) is 0 Å². The lowest BCUT2D eigenvalue weighted by Crippen LogP contribution is -2.72. The van der Waals surface area contributed by atoms with Gasteiger partial charge < -0.3 is 9.64 Å². The predicted octanol–water partition coefficient (Wildman–Crippen LogP) is 1.73. The number of nitrogens with zero attached hydrogens (tertiary/aromatic N) is 2. The molecule has 1 amide bonds. The summed E-state index contributed by atoms with van der Waals surface area (Å²) in [6.45, 7) is 14.2. The minimum atomic E-state index is -0.395. The molecule has 17 heavy (non-hydrogen) atoms. The van der Waals surface area contributed by atoms with Crippen molar-refractivity contribution in [1.82, 2.24) is 9.80 Å². The summed E-state index contributed by atoms with van der Waals surface area (Å²) in [7, 11) is 0. The van der Waals surface area contributed by atoms with E-state index in [2.05, 4.69) is 11.5 Å². The second-order valence-corrected chi connectivity index (χ2v) is 6.29. The molecule has 0 atom stereocenters. The maximum Gasteiger partial charge on any atom is 0.410 e. The SMILES string of the molecule is C=CCN1CC2(C1)CN(C(=O)OC(C)(C)C)C2. The van der Waals surface area contributed by atoms with E-state index in [-0.39, 0.29) is 6.09 Å². The minimum absolute atomic E-state index is 0.176. The number of hydrogen-bond acceptors (Lipinski definition) is 3. The number of carbonyl (C=O) groups is 1. The third kappa shape index (κ3) is 2.63. The van der Waals surface area contributed by atoms with Gasteiger partial charge >= 0.3 is 6.09 Å². The maximum atomic E-state index is 11.7. The molecule has 2 saturated heterocycles. The van der Waals surface area contributed by atoms with E-state index in [0.717, 1.165) is 32.7 Å². The van der Waals surface area contributed by atoms with Crippen molar-refractivity contribution in [2.24, 2.45) is 5.41 Å². The average molecular weight is 238 g/mol. The third-order valence-electron chi connectivity index (χ3n) is 3.21. The van der Waals surface area contributed by atoms with Crippen molar-refractivity contribution in [3.8, 4) is 0 Å². The van der Waals surface area contributed by atoms with Crippen LogP contribution in [0.4, 0.5) is 4.79 Å². The molecule has 0 N–H and O–H groups in total. The molecule has 0 aromatic heterocycles. The summed E-state index contributed by atoms with van der Waals surface area (Å²) in [6, 6.07) is 0. The first-order valence-electron chi connectivity index (χ1n) is 6.15. The van der Waals surface area contributed by atoms with Crippen molar-refractivity contribution in [1.29, 1.82) is 0 Å². The van der Waals surface area contributed by atoms with Crippen LogP contribution in [0.1, 0.15) is 20.8 Å². The zero-order valence-corrected chi connectivity index (χ0v) is 11.0. The van der Waals surface area contributed by atoms with E-state index in [1.54, 1.807) is 4.90 Å². The zero-order chi connectivity index (χ0) is 12.7. The third-order valence-corrected chi connectivity index (χ3v) is 3.21. The van der Waals surface area contributed by atoms with Gasteiger partial charge in [0.2, 0.25) is 0 Å². The Morgan fingerprint density at radius 2 is 1.94 bits per heavy atom. The van der Waals surface area contributed by atoms with E-state index >= 15 is 0 Å². The van der Waals surface area contributed by atoms with Crippen LogP contribution in [0.3, 0.4) is 0 Å². The lowest BCUT2D eigenvalue weighted by molar-refractivity contribution is -0.108. The van der Waals surface area contributed by atoms with Crippen LogP contribution < -0.4 is 0 Å². The van der Waals surface area contributed by atoms with Crippen molar-refractivity contribution in [2.75, 3.05) is 32.7 Å². The van der Waals surface area contributed by atoms with E-state index in [4.69, 9.17) is 4.74 Å². The molecule has 2 aliphatic rings. The van der Waals surface area contributed by atoms with Crippen molar-refractivity contribution in [2.45, 2.75) is 26.4 Å². The molecule has 2 aliphatic heterocycles. The quantitative estimate of drug-likeness (QED) is 0.687. The van der Waals surface area contributed by atoms with E-state index in [0.29, 0.717) is 5.41 Å². The van der Waals surface area contributed by atoms with Gasteiger partial charge in [0.15, 0.2) is 0 Å². The van der Waals surface area contributed by atoms with Crippen LogP contribution in [0.25, 0.3) is 0 Å². The Bertz CT molecular complexity index is 319. The summed E-state index contributed by atoms with van der Waals surface area (Å²) in [5.41, 5.74) is -0.0474. The number of likely N-dealkylation sites (tertiary alicyclic amines) is 2. The molecule has 0 unspecified atom stereocenters. The highest BCUT2D eigenvalue weighted by Gasteiger charge is 2.53. The van der Waals surface area contributed by atoms with Crippen molar-refractivity contribution < 1.29 is 9.53 Å². The molecule has 1 spiro atoms. The molecule has 0 aromatic carbocycles. The molecular weight excluding hydrogens is 216 g/mol. The lowest BCUT2D eigenvalue weighted by Gasteiger charge is -2.59. The van der Waals surface area contributed by atoms with Crippen molar-refractivity contribution >= 4 is 6.09 Å². The Balaban J connectivity index is 1.73. The summed E-state index contributed by atoms with van der Waals surface area (Å²) < 4.78 is 5.34. The largest absolute Gasteiger partial charge is 0.444 e. The minimum Gasteiger partial charge on any atom is -0.444 e. The molecule has 0 aromatic rings. The van der Waals surface area contributed by atoms with E-state index < -0.39 is 5.60 Å². The Labute approximate surface area is 103 Å². The Morgan fingerprint density at radius 3 is 2.41 bits per heavy atom. The van der Waals surface area contributed by atoms with Gasteiger partial charge in [-0.15, -0.1) is 6.58 Å². The zero-order valence-electron chi connectivity index (χ0n) is 11.0. The second-order valence-electron chi connectivity index (χ2n) is 6.29. The fourth-order valence-corrected chi connectivity index (χ4v) is 2.63. The monoisotopic (exact) mass is 238 g/mol. The molecule has 0 radical (unpaired) electrons. The number of ether oxygens (including phenoxy) is 1. The van der Waals surface area contributed by atoms with Gasteiger partial charge in [0.05, 0.1) is 0 Å². The number of carbonyl (C=O) groups excluding carboxylic acids is 1. The second kappa shape index (κ2) is 4.02. The molecule has 4 nitrogen and oxygen atoms in total. The molecule has 0 bridgehead atoms. The summed E-state index contributed by atoms with van der Waals surface area (Å²) in [5.74, 6) is 0. The topological polar surface area (TPSA) is 32.8 Å². The molecular formula is C13H22N2O2. The van der Waals surface area contributed by atoms with Gasteiger partial charge in [0, 0.05) is 38.1 Å². The number of hydrogen-bond donors (Lipinski definition) is 0. The molecule has 96 valence electrons. The van der Waals surface area contributed by atoms with Crippen LogP contribution in [-0.2, 0) is 4.74 Å². The number of rotatable bonds is 2. The Morgan fingerprint density at radius 1 is 1.35 bits per heavy atom. The maximum absolute atomic E-state index is 11.7. The molecule has 2 heterocycles. The van der Waals surface area contributed by atoms with Crippen LogP contribution in [0.5, 0.6) is 0 Å². The average Bonchev–Trinajstić information content (AvgIpc) is 2.03. The molecule has 0 aliphatic carbocycles. The highest BCUT2D eigenvalue weighted by atomic mass is 16.6. The molecule has 2 fully saturated rings. The van der Waals surface area contributed by atoms with Gasteiger partial charge in [-0.25, -0.2) is 4.79 Å². The first-order valence-corrected chi connectivity index (χ1v) is 6.15. The lowest BCUT2D eigenvalue weighted by atomic mass is 9.73. The van der Waals surface area contributed by atoms with Crippen LogP contribution in [0, 0.1) is 5.41 Å². The summed E-state index contributed by atoms with van der Waals surface area (Å²) in [4.78, 5) is 15.9. The Hall–Kier alpha value is -1.03. The normalized spacial score (nSPS) is 22.9. The van der Waals surface area contributed by atoms with Gasteiger partial charge in [0.1, 0.15) is 5.60 Å². The smallest absolute Gasteiger partial charge is 0.410 e. The molecule has 4 heteroatoms. The van der Waals surface area contributed by atoms with Crippen molar-refractivity contribution in [3.63, 3.8) is 0 Å². The van der Waals surface area contributed by atoms with Crippen LogP contribution in [-0.4, -0.2) is 54.2 Å². The van der Waals surface area contributed by atoms with Crippen LogP contribution in [0.2, 0.25) is 0 Å². The fourth-order valence-electron chi connectivity index (χ4n) is 2.63. The predicted molar refractivity (Wildman–Crippen MR) is 66.9 cm³/mol. The highest BCUT2D eigenvalue weighted by molar-refractivity contribution is 5.69.